The molecule has 0 radical (unpaired) electrons. The normalized spacial score (nSPS) is 22.7. The molecule has 6 nitrogen and oxygen atoms in total. The van der Waals surface area contributed by atoms with E-state index in [9.17, 15) is 10.1 Å². The topological polar surface area (TPSA) is 79.0 Å². The maximum absolute atomic E-state index is 10.4. The summed E-state index contributed by atoms with van der Waals surface area (Å²) < 4.78 is 0. The molecule has 1 aliphatic heterocycles. The van der Waals surface area contributed by atoms with E-state index in [1.165, 1.54) is 4.90 Å². The first-order valence-electron chi connectivity index (χ1n) is 3.69. The van der Waals surface area contributed by atoms with Crippen molar-refractivity contribution in [3.63, 3.8) is 0 Å². The van der Waals surface area contributed by atoms with Gasteiger partial charge in [0.1, 0.15) is 12.4 Å². The van der Waals surface area contributed by atoms with Crippen LogP contribution in [0, 0.1) is 10.1 Å². The van der Waals surface area contributed by atoms with Crippen molar-refractivity contribution < 1.29 is 10.0 Å². The molecule has 1 unspecified atom stereocenters. The monoisotopic (exact) mass is 173 g/mol. The highest BCUT2D eigenvalue weighted by molar-refractivity contribution is 5.81. The van der Waals surface area contributed by atoms with Crippen LogP contribution in [0.15, 0.2) is 4.99 Å². The van der Waals surface area contributed by atoms with Gasteiger partial charge in [-0.05, 0) is 6.92 Å². The van der Waals surface area contributed by atoms with Gasteiger partial charge < -0.3 is 5.11 Å². The van der Waals surface area contributed by atoms with E-state index in [4.69, 9.17) is 5.11 Å². The number of aliphatic hydroxyl groups excluding tert-OH is 1. The van der Waals surface area contributed by atoms with Crippen LogP contribution < -0.4 is 0 Å². The Balaban J connectivity index is 2.63. The Bertz CT molecular complexity index is 216. The van der Waals surface area contributed by atoms with Crippen LogP contribution in [0.5, 0.6) is 0 Å². The van der Waals surface area contributed by atoms with Crippen LogP contribution in [0.25, 0.3) is 0 Å². The highest BCUT2D eigenvalue weighted by atomic mass is 16.6. The molecule has 0 saturated carbocycles. The second-order valence-electron chi connectivity index (χ2n) is 2.57. The van der Waals surface area contributed by atoms with E-state index < -0.39 is 6.17 Å². The smallest absolute Gasteiger partial charge is 0.307 e. The molecular weight excluding hydrogens is 162 g/mol. The first kappa shape index (κ1) is 8.92. The standard InChI is InChI=1S/C6H11N3O3/c1-5-7-4-6(9(11)12)8(5)2-3-10/h6,10H,2-4H2,1H3. The number of amidine groups is 1. The van der Waals surface area contributed by atoms with Gasteiger partial charge in [-0.1, -0.05) is 0 Å². The predicted molar refractivity (Wildman–Crippen MR) is 42.6 cm³/mol. The number of hydrogen-bond donors (Lipinski definition) is 1. The highest BCUT2D eigenvalue weighted by Crippen LogP contribution is 2.09. The first-order chi connectivity index (χ1) is 5.66. The number of β-amino-alcohol motifs (C(OH)–C–C–N with tert-alkyl or cyclic N) is 1. The van der Waals surface area contributed by atoms with E-state index in [2.05, 4.69) is 4.99 Å². The fourth-order valence-corrected chi connectivity index (χ4v) is 1.22. The molecule has 1 atom stereocenters. The molecular formula is C6H11N3O3. The molecule has 6 heteroatoms. The zero-order chi connectivity index (χ0) is 9.14. The van der Waals surface area contributed by atoms with Gasteiger partial charge in [0.15, 0.2) is 0 Å². The van der Waals surface area contributed by atoms with Crippen LogP contribution in [-0.4, -0.2) is 46.6 Å². The van der Waals surface area contributed by atoms with Crippen LogP contribution >= 0.6 is 0 Å². The maximum Gasteiger partial charge on any atom is 0.307 e. The van der Waals surface area contributed by atoms with Crippen molar-refractivity contribution in [2.24, 2.45) is 4.99 Å². The molecule has 1 heterocycles. The van der Waals surface area contributed by atoms with Crippen molar-refractivity contribution in [1.82, 2.24) is 4.90 Å². The first-order valence-corrected chi connectivity index (χ1v) is 3.69. The molecule has 0 bridgehead atoms. The number of nitrogens with zero attached hydrogens (tertiary/aromatic N) is 3. The van der Waals surface area contributed by atoms with Gasteiger partial charge >= 0.3 is 6.17 Å². The summed E-state index contributed by atoms with van der Waals surface area (Å²) in [6.07, 6.45) is -0.780. The Morgan fingerprint density at radius 1 is 1.92 bits per heavy atom. The lowest BCUT2D eigenvalue weighted by atomic mass is 10.4. The minimum atomic E-state index is -0.780. The summed E-state index contributed by atoms with van der Waals surface area (Å²) >= 11 is 0. The van der Waals surface area contributed by atoms with E-state index >= 15 is 0 Å². The summed E-state index contributed by atoms with van der Waals surface area (Å²) in [4.78, 5) is 15.5. The average molecular weight is 173 g/mol. The van der Waals surface area contributed by atoms with Crippen molar-refractivity contribution in [3.8, 4) is 0 Å². The second kappa shape index (κ2) is 3.48. The zero-order valence-electron chi connectivity index (χ0n) is 6.80. The molecule has 0 spiro atoms. The van der Waals surface area contributed by atoms with E-state index in [-0.39, 0.29) is 24.6 Å². The Morgan fingerprint density at radius 2 is 2.58 bits per heavy atom. The van der Waals surface area contributed by atoms with Crippen molar-refractivity contribution in [3.05, 3.63) is 10.1 Å². The van der Waals surface area contributed by atoms with Gasteiger partial charge in [0.05, 0.1) is 6.61 Å². The zero-order valence-corrected chi connectivity index (χ0v) is 6.80. The fourth-order valence-electron chi connectivity index (χ4n) is 1.22. The average Bonchev–Trinajstić information content (AvgIpc) is 2.34. The highest BCUT2D eigenvalue weighted by Gasteiger charge is 2.33. The molecule has 1 aliphatic rings. The lowest BCUT2D eigenvalue weighted by molar-refractivity contribution is -0.539. The minimum Gasteiger partial charge on any atom is -0.395 e. The second-order valence-corrected chi connectivity index (χ2v) is 2.57. The van der Waals surface area contributed by atoms with Crippen LogP contribution in [0.4, 0.5) is 0 Å². The lowest BCUT2D eigenvalue weighted by Crippen LogP contribution is -2.42. The molecule has 1 N–H and O–H groups in total. The number of rotatable bonds is 3. The number of aliphatic imine (C=N–C) groups is 1. The van der Waals surface area contributed by atoms with Gasteiger partial charge in [-0.2, -0.15) is 0 Å². The van der Waals surface area contributed by atoms with Gasteiger partial charge in [0.2, 0.25) is 0 Å². The molecule has 12 heavy (non-hydrogen) atoms. The summed E-state index contributed by atoms with van der Waals surface area (Å²) in [6, 6.07) is 0. The van der Waals surface area contributed by atoms with Crippen LogP contribution in [0.1, 0.15) is 6.92 Å². The summed E-state index contributed by atoms with van der Waals surface area (Å²) in [5, 5.41) is 19.1. The Kier molecular flexibility index (Phi) is 2.59. The van der Waals surface area contributed by atoms with E-state index in [1.807, 2.05) is 0 Å². The summed E-state index contributed by atoms with van der Waals surface area (Å²) in [5.41, 5.74) is 0. The summed E-state index contributed by atoms with van der Waals surface area (Å²) in [5.74, 6) is 0.630. The SMILES string of the molecule is CC1=NCC([N+](=O)[O-])N1CCO. The van der Waals surface area contributed by atoms with Crippen molar-refractivity contribution in [2.75, 3.05) is 19.7 Å². The van der Waals surface area contributed by atoms with Crippen molar-refractivity contribution >= 4 is 5.84 Å². The summed E-state index contributed by atoms with van der Waals surface area (Å²) in [7, 11) is 0. The molecule has 0 fully saturated rings. The van der Waals surface area contributed by atoms with Gasteiger partial charge in [-0.15, -0.1) is 0 Å². The number of nitro groups is 1. The minimum absolute atomic E-state index is 0.0861. The van der Waals surface area contributed by atoms with Gasteiger partial charge in [-0.25, -0.2) is 0 Å². The summed E-state index contributed by atoms with van der Waals surface area (Å²) in [6.45, 7) is 2.09. The third-order valence-electron chi connectivity index (χ3n) is 1.84. The molecule has 0 aliphatic carbocycles. The van der Waals surface area contributed by atoms with E-state index in [0.717, 1.165) is 0 Å². The molecule has 68 valence electrons. The molecule has 1 rings (SSSR count). The molecule has 0 aromatic rings. The fraction of sp³-hybridized carbons (Fsp3) is 0.833. The maximum atomic E-state index is 10.4. The third kappa shape index (κ3) is 1.53. The van der Waals surface area contributed by atoms with Gasteiger partial charge in [-0.3, -0.25) is 20.0 Å². The van der Waals surface area contributed by atoms with Crippen LogP contribution in [-0.2, 0) is 0 Å². The van der Waals surface area contributed by atoms with E-state index in [0.29, 0.717) is 5.84 Å². The number of aliphatic hydroxyl groups is 1. The Labute approximate surface area is 69.7 Å². The van der Waals surface area contributed by atoms with Crippen LogP contribution in [0.2, 0.25) is 0 Å². The predicted octanol–water partition coefficient (Wildman–Crippen LogP) is -0.684. The Morgan fingerprint density at radius 3 is 3.08 bits per heavy atom. The van der Waals surface area contributed by atoms with Crippen LogP contribution in [0.3, 0.4) is 0 Å². The van der Waals surface area contributed by atoms with Crippen molar-refractivity contribution in [1.29, 1.82) is 0 Å². The van der Waals surface area contributed by atoms with Gasteiger partial charge in [0, 0.05) is 11.5 Å². The van der Waals surface area contributed by atoms with Crippen molar-refractivity contribution in [2.45, 2.75) is 13.1 Å². The molecule has 0 amide bonds. The Hall–Kier alpha value is -1.17. The molecule has 0 aromatic carbocycles. The molecule has 0 saturated heterocycles. The molecule has 0 aromatic heterocycles. The quantitative estimate of drug-likeness (QED) is 0.452. The number of hydrogen-bond acceptors (Lipinski definition) is 5. The van der Waals surface area contributed by atoms with E-state index in [1.54, 1.807) is 6.92 Å². The lowest BCUT2D eigenvalue weighted by Gasteiger charge is -2.18. The largest absolute Gasteiger partial charge is 0.395 e. The van der Waals surface area contributed by atoms with Gasteiger partial charge in [0.25, 0.3) is 0 Å². The third-order valence-corrected chi connectivity index (χ3v) is 1.84.